The molecule has 1 amide bonds. The first-order valence-corrected chi connectivity index (χ1v) is 10.7. The van der Waals surface area contributed by atoms with Gasteiger partial charge in [-0.05, 0) is 29.7 Å². The van der Waals surface area contributed by atoms with Gasteiger partial charge in [0, 0.05) is 38.6 Å². The number of thiol groups is 1. The molecular formula is C21H32N2O2S. The van der Waals surface area contributed by atoms with Crippen LogP contribution in [0.4, 0.5) is 0 Å². The van der Waals surface area contributed by atoms with Crippen molar-refractivity contribution < 1.29 is 9.53 Å². The van der Waals surface area contributed by atoms with Crippen molar-refractivity contribution in [1.82, 2.24) is 9.80 Å². The van der Waals surface area contributed by atoms with Gasteiger partial charge in [0.15, 0.2) is 0 Å². The monoisotopic (exact) mass is 376 g/mol. The van der Waals surface area contributed by atoms with Crippen molar-refractivity contribution in [3.63, 3.8) is 0 Å². The summed E-state index contributed by atoms with van der Waals surface area (Å²) in [5, 5.41) is 0. The Morgan fingerprint density at radius 2 is 2.23 bits per heavy atom. The summed E-state index contributed by atoms with van der Waals surface area (Å²) in [4.78, 5) is 17.8. The Hall–Kier alpha value is -1.20. The zero-order chi connectivity index (χ0) is 18.5. The molecule has 144 valence electrons. The molecule has 0 bridgehead atoms. The number of para-hydroxylation sites is 1. The Morgan fingerprint density at radius 3 is 3.00 bits per heavy atom. The largest absolute Gasteiger partial charge is 0.492 e. The molecule has 0 aliphatic carbocycles. The lowest BCUT2D eigenvalue weighted by atomic mass is 10.0. The van der Waals surface area contributed by atoms with Crippen LogP contribution in [0, 0.1) is 5.92 Å². The van der Waals surface area contributed by atoms with E-state index in [0.717, 1.165) is 56.1 Å². The lowest BCUT2D eigenvalue weighted by Crippen LogP contribution is -2.55. The molecule has 0 N–H and O–H groups in total. The van der Waals surface area contributed by atoms with Gasteiger partial charge in [0.25, 0.3) is 5.91 Å². The van der Waals surface area contributed by atoms with Gasteiger partial charge in [0.2, 0.25) is 0 Å². The number of hydrogen-bond donors (Lipinski definition) is 1. The maximum atomic E-state index is 13.2. The van der Waals surface area contributed by atoms with Crippen LogP contribution in [-0.2, 0) is 6.42 Å². The second kappa shape index (κ2) is 9.14. The first kappa shape index (κ1) is 19.6. The molecule has 1 saturated heterocycles. The Balaban J connectivity index is 1.71. The van der Waals surface area contributed by atoms with Gasteiger partial charge in [-0.15, -0.1) is 0 Å². The van der Waals surface area contributed by atoms with Crippen LogP contribution in [-0.4, -0.2) is 60.3 Å². The fourth-order valence-corrected chi connectivity index (χ4v) is 4.16. The summed E-state index contributed by atoms with van der Waals surface area (Å²) in [6.45, 7) is 8.82. The third-order valence-electron chi connectivity index (χ3n) is 5.59. The van der Waals surface area contributed by atoms with E-state index in [1.807, 2.05) is 17.0 Å². The highest BCUT2D eigenvalue weighted by Gasteiger charge is 2.32. The van der Waals surface area contributed by atoms with E-state index in [1.165, 1.54) is 18.4 Å². The Labute approximate surface area is 163 Å². The number of fused-ring (bicyclic) bond motifs is 1. The summed E-state index contributed by atoms with van der Waals surface area (Å²) in [7, 11) is 0. The molecule has 1 fully saturated rings. The second-order valence-corrected chi connectivity index (χ2v) is 8.09. The highest BCUT2D eigenvalue weighted by molar-refractivity contribution is 7.80. The highest BCUT2D eigenvalue weighted by atomic mass is 32.1. The zero-order valence-corrected chi connectivity index (χ0v) is 17.0. The quantitative estimate of drug-likeness (QED) is 0.739. The third-order valence-corrected chi connectivity index (χ3v) is 6.21. The SMILES string of the molecule is CCCCC1CN(C(=O)c2cccc3c2OCC3)CCN1CC(C)CS. The van der Waals surface area contributed by atoms with E-state index in [4.69, 9.17) is 4.74 Å². The summed E-state index contributed by atoms with van der Waals surface area (Å²) in [6, 6.07) is 6.43. The summed E-state index contributed by atoms with van der Waals surface area (Å²) in [5.41, 5.74) is 1.91. The summed E-state index contributed by atoms with van der Waals surface area (Å²) in [6.07, 6.45) is 4.47. The van der Waals surface area contributed by atoms with Gasteiger partial charge in [0.1, 0.15) is 5.75 Å². The molecule has 1 aromatic carbocycles. The summed E-state index contributed by atoms with van der Waals surface area (Å²) >= 11 is 4.45. The number of hydrogen-bond acceptors (Lipinski definition) is 4. The van der Waals surface area contributed by atoms with Gasteiger partial charge in [-0.1, -0.05) is 38.8 Å². The average molecular weight is 377 g/mol. The first-order chi connectivity index (χ1) is 12.6. The number of amides is 1. The molecule has 4 nitrogen and oxygen atoms in total. The number of benzene rings is 1. The van der Waals surface area contributed by atoms with Gasteiger partial charge >= 0.3 is 0 Å². The van der Waals surface area contributed by atoms with Crippen LogP contribution in [0.25, 0.3) is 0 Å². The molecule has 0 saturated carbocycles. The number of ether oxygens (including phenoxy) is 1. The molecular weight excluding hydrogens is 344 g/mol. The van der Waals surface area contributed by atoms with Crippen molar-refractivity contribution in [2.75, 3.05) is 38.5 Å². The molecule has 2 unspecified atom stereocenters. The van der Waals surface area contributed by atoms with Crippen molar-refractivity contribution >= 4 is 18.5 Å². The van der Waals surface area contributed by atoms with Gasteiger partial charge in [-0.2, -0.15) is 12.6 Å². The predicted molar refractivity (Wildman–Crippen MR) is 109 cm³/mol. The zero-order valence-electron chi connectivity index (χ0n) is 16.1. The van der Waals surface area contributed by atoms with Gasteiger partial charge in [-0.3, -0.25) is 9.69 Å². The van der Waals surface area contributed by atoms with E-state index < -0.39 is 0 Å². The van der Waals surface area contributed by atoms with Crippen LogP contribution in [0.2, 0.25) is 0 Å². The van der Waals surface area contributed by atoms with E-state index in [0.29, 0.717) is 18.6 Å². The van der Waals surface area contributed by atoms with Crippen molar-refractivity contribution in [3.8, 4) is 5.75 Å². The van der Waals surface area contributed by atoms with E-state index in [1.54, 1.807) is 0 Å². The number of piperazine rings is 1. The van der Waals surface area contributed by atoms with E-state index in [-0.39, 0.29) is 5.91 Å². The van der Waals surface area contributed by atoms with Crippen LogP contribution in [0.5, 0.6) is 5.75 Å². The molecule has 2 atom stereocenters. The van der Waals surface area contributed by atoms with Crippen LogP contribution in [0.1, 0.15) is 49.0 Å². The molecule has 5 heteroatoms. The van der Waals surface area contributed by atoms with E-state index >= 15 is 0 Å². The molecule has 0 aromatic heterocycles. The summed E-state index contributed by atoms with van der Waals surface area (Å²) < 4.78 is 5.76. The Bertz CT molecular complexity index is 622. The molecule has 2 aliphatic heterocycles. The smallest absolute Gasteiger partial charge is 0.257 e. The van der Waals surface area contributed by atoms with Crippen LogP contribution in [0.15, 0.2) is 18.2 Å². The molecule has 26 heavy (non-hydrogen) atoms. The highest BCUT2D eigenvalue weighted by Crippen LogP contribution is 2.31. The Morgan fingerprint density at radius 1 is 1.38 bits per heavy atom. The van der Waals surface area contributed by atoms with Crippen LogP contribution >= 0.6 is 12.6 Å². The average Bonchev–Trinajstić information content (AvgIpc) is 3.15. The van der Waals surface area contributed by atoms with Gasteiger partial charge < -0.3 is 9.64 Å². The molecule has 2 heterocycles. The maximum absolute atomic E-state index is 13.2. The number of carbonyl (C=O) groups excluding carboxylic acids is 1. The Kier molecular flexibility index (Phi) is 6.87. The fourth-order valence-electron chi connectivity index (χ4n) is 4.04. The lowest BCUT2D eigenvalue weighted by Gasteiger charge is -2.42. The van der Waals surface area contributed by atoms with Crippen molar-refractivity contribution in [2.24, 2.45) is 5.92 Å². The fraction of sp³-hybridized carbons (Fsp3) is 0.667. The standard InChI is InChI=1S/C21H32N2O2S/c1-3-4-7-18-14-23(11-10-22(18)13-16(2)15-26)21(24)19-8-5-6-17-9-12-25-20(17)19/h5-6,8,16,18,26H,3-4,7,9-15H2,1-2H3. The normalized spacial score (nSPS) is 21.3. The number of unbranched alkanes of at least 4 members (excludes halogenated alkanes) is 1. The second-order valence-electron chi connectivity index (χ2n) is 7.72. The minimum atomic E-state index is 0.132. The number of nitrogens with zero attached hydrogens (tertiary/aromatic N) is 2. The lowest BCUT2D eigenvalue weighted by molar-refractivity contribution is 0.0424. The minimum absolute atomic E-state index is 0.132. The third kappa shape index (κ3) is 4.37. The van der Waals surface area contributed by atoms with Gasteiger partial charge in [0.05, 0.1) is 12.2 Å². The molecule has 2 aliphatic rings. The first-order valence-electron chi connectivity index (χ1n) is 10.0. The van der Waals surface area contributed by atoms with Gasteiger partial charge in [-0.25, -0.2) is 0 Å². The molecule has 3 rings (SSSR count). The van der Waals surface area contributed by atoms with E-state index in [2.05, 4.69) is 37.4 Å². The maximum Gasteiger partial charge on any atom is 0.257 e. The molecule has 0 radical (unpaired) electrons. The topological polar surface area (TPSA) is 32.8 Å². The molecule has 0 spiro atoms. The van der Waals surface area contributed by atoms with Crippen molar-refractivity contribution in [2.45, 2.75) is 45.6 Å². The van der Waals surface area contributed by atoms with Crippen molar-refractivity contribution in [3.05, 3.63) is 29.3 Å². The van der Waals surface area contributed by atoms with E-state index in [9.17, 15) is 4.79 Å². The number of rotatable bonds is 7. The summed E-state index contributed by atoms with van der Waals surface area (Å²) in [5.74, 6) is 2.43. The minimum Gasteiger partial charge on any atom is -0.492 e. The number of carbonyl (C=O) groups is 1. The predicted octanol–water partition coefficient (Wildman–Crippen LogP) is 3.50. The van der Waals surface area contributed by atoms with Crippen molar-refractivity contribution in [1.29, 1.82) is 0 Å². The van der Waals surface area contributed by atoms with Crippen LogP contribution in [0.3, 0.4) is 0 Å². The van der Waals surface area contributed by atoms with Crippen LogP contribution < -0.4 is 4.74 Å². The molecule has 1 aromatic rings.